The van der Waals surface area contributed by atoms with Crippen LogP contribution < -0.4 is 5.32 Å². The van der Waals surface area contributed by atoms with Gasteiger partial charge < -0.3 is 24.3 Å². The van der Waals surface area contributed by atoms with Crippen molar-refractivity contribution in [3.63, 3.8) is 0 Å². The van der Waals surface area contributed by atoms with Gasteiger partial charge in [-0.25, -0.2) is 0 Å². The van der Waals surface area contributed by atoms with Crippen molar-refractivity contribution in [1.29, 1.82) is 0 Å². The number of ether oxygens (including phenoxy) is 4. The molecule has 0 amide bonds. The summed E-state index contributed by atoms with van der Waals surface area (Å²) in [4.78, 5) is 20.4. The lowest BCUT2D eigenvalue weighted by Gasteiger charge is -2.09. The van der Waals surface area contributed by atoms with Crippen molar-refractivity contribution in [3.8, 4) is 0 Å². The maximum atomic E-state index is 11.0. The molecule has 0 atom stereocenters. The Bertz CT molecular complexity index is 630. The molecule has 0 bridgehead atoms. The molecule has 0 saturated carbocycles. The summed E-state index contributed by atoms with van der Waals surface area (Å²) in [6, 6.07) is 3.46. The van der Waals surface area contributed by atoms with Gasteiger partial charge in [0.2, 0.25) is 0 Å². The molecule has 0 aliphatic carbocycles. The van der Waals surface area contributed by atoms with E-state index in [0.29, 0.717) is 52.8 Å². The van der Waals surface area contributed by atoms with E-state index in [1.165, 1.54) is 25.0 Å². The monoisotopic (exact) mass is 429 g/mol. The molecule has 1 rings (SSSR count). The number of hydrogen-bond acceptors (Lipinski definition) is 9. The molecule has 1 N–H and O–H groups in total. The maximum Gasteiger partial charge on any atom is 0.299 e. The summed E-state index contributed by atoms with van der Waals surface area (Å²) in [6.45, 7) is 6.44. The van der Waals surface area contributed by atoms with Crippen LogP contribution in [0.25, 0.3) is 0 Å². The Morgan fingerprint density at radius 1 is 0.800 bits per heavy atom. The molecule has 0 saturated heterocycles. The second kappa shape index (κ2) is 16.5. The van der Waals surface area contributed by atoms with Crippen molar-refractivity contribution >= 4 is 17.1 Å². The molecule has 0 aliphatic rings. The first-order valence-corrected chi connectivity index (χ1v) is 10.0. The van der Waals surface area contributed by atoms with Crippen molar-refractivity contribution in [1.82, 2.24) is 0 Å². The minimum Gasteiger partial charge on any atom is -0.379 e. The molecule has 0 aromatic heterocycles. The predicted molar refractivity (Wildman–Crippen MR) is 111 cm³/mol. The van der Waals surface area contributed by atoms with E-state index >= 15 is 0 Å². The van der Waals surface area contributed by atoms with E-state index in [1.807, 2.05) is 0 Å². The molecule has 1 aromatic rings. The Balaban J connectivity index is 2.00. The van der Waals surface area contributed by atoms with Gasteiger partial charge in [-0.15, -0.1) is 0 Å². The minimum absolute atomic E-state index is 0.206. The Hall–Kier alpha value is -2.34. The zero-order valence-corrected chi connectivity index (χ0v) is 17.4. The summed E-state index contributed by atoms with van der Waals surface area (Å²) < 4.78 is 21.6. The number of hydrogen-bond donors (Lipinski definition) is 1. The average Bonchev–Trinajstić information content (AvgIpc) is 2.73. The molecule has 11 nitrogen and oxygen atoms in total. The summed E-state index contributed by atoms with van der Waals surface area (Å²) in [5.74, 6) is 0. The zero-order chi connectivity index (χ0) is 22.0. The van der Waals surface area contributed by atoms with Crippen molar-refractivity contribution in [2.45, 2.75) is 26.2 Å². The van der Waals surface area contributed by atoms with E-state index in [2.05, 4.69) is 12.2 Å². The van der Waals surface area contributed by atoms with Gasteiger partial charge in [-0.2, -0.15) is 0 Å². The lowest BCUT2D eigenvalue weighted by atomic mass is 10.2. The Morgan fingerprint density at radius 3 is 1.90 bits per heavy atom. The normalized spacial score (nSPS) is 10.8. The van der Waals surface area contributed by atoms with Gasteiger partial charge in [0.25, 0.3) is 11.4 Å². The number of nitro benzene ring substituents is 2. The fourth-order valence-corrected chi connectivity index (χ4v) is 2.41. The van der Waals surface area contributed by atoms with Crippen LogP contribution in [0.5, 0.6) is 0 Å². The van der Waals surface area contributed by atoms with Crippen LogP contribution in [-0.2, 0) is 18.9 Å². The van der Waals surface area contributed by atoms with Gasteiger partial charge in [-0.1, -0.05) is 19.8 Å². The summed E-state index contributed by atoms with van der Waals surface area (Å²) >= 11 is 0. The standard InChI is InChI=1S/C19H31N3O8/c1-2-3-4-8-27-10-12-29-14-15-30-13-11-28-9-7-20-18-6-5-17(21(23)24)16-19(18)22(25)26/h5-6,16,20H,2-4,7-15H2,1H3. The van der Waals surface area contributed by atoms with E-state index in [-0.39, 0.29) is 17.1 Å². The number of benzene rings is 1. The average molecular weight is 429 g/mol. The first-order valence-electron chi connectivity index (χ1n) is 10.0. The smallest absolute Gasteiger partial charge is 0.299 e. The molecule has 0 fully saturated rings. The highest BCUT2D eigenvalue weighted by Gasteiger charge is 2.18. The topological polar surface area (TPSA) is 135 Å². The van der Waals surface area contributed by atoms with Crippen LogP contribution in [0.2, 0.25) is 0 Å². The van der Waals surface area contributed by atoms with Crippen LogP contribution in [-0.4, -0.2) is 69.2 Å². The van der Waals surface area contributed by atoms with Gasteiger partial charge in [0.15, 0.2) is 0 Å². The SMILES string of the molecule is CCCCCOCCOCCOCCOCCNc1ccc([N+](=O)[O-])cc1[N+](=O)[O-]. The summed E-state index contributed by atoms with van der Waals surface area (Å²) in [5, 5.41) is 24.6. The van der Waals surface area contributed by atoms with E-state index < -0.39 is 9.85 Å². The summed E-state index contributed by atoms with van der Waals surface area (Å²) in [6.07, 6.45) is 3.45. The molecule has 0 radical (unpaired) electrons. The van der Waals surface area contributed by atoms with Crippen LogP contribution in [0.3, 0.4) is 0 Å². The quantitative estimate of drug-likeness (QED) is 0.200. The van der Waals surface area contributed by atoms with Crippen LogP contribution in [0.1, 0.15) is 26.2 Å². The zero-order valence-electron chi connectivity index (χ0n) is 17.4. The van der Waals surface area contributed by atoms with E-state index in [0.717, 1.165) is 19.1 Å². The van der Waals surface area contributed by atoms with Crippen molar-refractivity contribution < 1.29 is 28.8 Å². The van der Waals surface area contributed by atoms with Crippen LogP contribution >= 0.6 is 0 Å². The molecule has 0 aliphatic heterocycles. The Kier molecular flexibility index (Phi) is 14.1. The highest BCUT2D eigenvalue weighted by Crippen LogP contribution is 2.28. The number of rotatable bonds is 19. The minimum atomic E-state index is -0.673. The van der Waals surface area contributed by atoms with Crippen molar-refractivity contribution in [2.24, 2.45) is 0 Å². The molecule has 0 spiro atoms. The number of unbranched alkanes of at least 4 members (excludes halogenated alkanes) is 2. The van der Waals surface area contributed by atoms with Gasteiger partial charge >= 0.3 is 0 Å². The summed E-state index contributed by atoms with van der Waals surface area (Å²) in [7, 11) is 0. The second-order valence-corrected chi connectivity index (χ2v) is 6.30. The molecular weight excluding hydrogens is 398 g/mol. The first-order chi connectivity index (χ1) is 14.6. The molecule has 170 valence electrons. The third-order valence-electron chi connectivity index (χ3n) is 3.96. The Morgan fingerprint density at radius 2 is 1.37 bits per heavy atom. The fourth-order valence-electron chi connectivity index (χ4n) is 2.41. The lowest BCUT2D eigenvalue weighted by molar-refractivity contribution is -0.393. The van der Waals surface area contributed by atoms with Gasteiger partial charge in [0.1, 0.15) is 5.69 Å². The van der Waals surface area contributed by atoms with Crippen molar-refractivity contribution in [3.05, 3.63) is 38.4 Å². The van der Waals surface area contributed by atoms with Crippen molar-refractivity contribution in [2.75, 3.05) is 64.7 Å². The largest absolute Gasteiger partial charge is 0.379 e. The fraction of sp³-hybridized carbons (Fsp3) is 0.684. The highest BCUT2D eigenvalue weighted by molar-refractivity contribution is 5.65. The number of nitrogens with one attached hydrogen (secondary N) is 1. The molecular formula is C19H31N3O8. The molecule has 11 heteroatoms. The number of nitro groups is 2. The van der Waals surface area contributed by atoms with E-state index in [1.54, 1.807) is 0 Å². The molecule has 0 heterocycles. The Labute approximate surface area is 175 Å². The van der Waals surface area contributed by atoms with Gasteiger partial charge in [0, 0.05) is 19.2 Å². The highest BCUT2D eigenvalue weighted by atomic mass is 16.6. The van der Waals surface area contributed by atoms with Crippen LogP contribution in [0.15, 0.2) is 18.2 Å². The van der Waals surface area contributed by atoms with Gasteiger partial charge in [-0.05, 0) is 12.5 Å². The number of non-ortho nitro benzene ring substituents is 1. The van der Waals surface area contributed by atoms with Gasteiger partial charge in [-0.3, -0.25) is 20.2 Å². The number of anilines is 1. The van der Waals surface area contributed by atoms with Crippen LogP contribution in [0, 0.1) is 20.2 Å². The van der Waals surface area contributed by atoms with E-state index in [9.17, 15) is 20.2 Å². The third kappa shape index (κ3) is 11.6. The predicted octanol–water partition coefficient (Wildman–Crippen LogP) is 3.17. The summed E-state index contributed by atoms with van der Waals surface area (Å²) in [5.41, 5.74) is -0.472. The number of nitrogens with zero attached hydrogens (tertiary/aromatic N) is 2. The third-order valence-corrected chi connectivity index (χ3v) is 3.96. The molecule has 0 unspecified atom stereocenters. The second-order valence-electron chi connectivity index (χ2n) is 6.30. The molecule has 30 heavy (non-hydrogen) atoms. The molecule has 1 aromatic carbocycles. The lowest BCUT2D eigenvalue weighted by Crippen LogP contribution is -2.15. The maximum absolute atomic E-state index is 11.0. The van der Waals surface area contributed by atoms with Crippen LogP contribution in [0.4, 0.5) is 17.1 Å². The first kappa shape index (κ1) is 25.7. The van der Waals surface area contributed by atoms with Gasteiger partial charge in [0.05, 0.1) is 62.2 Å². The van der Waals surface area contributed by atoms with E-state index in [4.69, 9.17) is 18.9 Å².